The van der Waals surface area contributed by atoms with E-state index in [4.69, 9.17) is 4.74 Å². The van der Waals surface area contributed by atoms with Crippen molar-refractivity contribution in [2.45, 2.75) is 44.4 Å². The lowest BCUT2D eigenvalue weighted by Crippen LogP contribution is -2.54. The maximum Gasteiger partial charge on any atom is 0.387 e. The van der Waals surface area contributed by atoms with Crippen LogP contribution in [0.25, 0.3) is 0 Å². The fourth-order valence-electron chi connectivity index (χ4n) is 3.12. The zero-order valence-corrected chi connectivity index (χ0v) is 12.3. The molecular formula is C14H17F2NO3S. The minimum absolute atomic E-state index is 0.0288. The lowest BCUT2D eigenvalue weighted by molar-refractivity contribution is -0.0757. The quantitative estimate of drug-likeness (QED) is 0.860. The molecule has 1 aliphatic heterocycles. The standard InChI is InChI=1S/C14H17F2NO3S/c15-14(16)20-11-5-8-21-12(11)13(18)17-6-7-19-10-4-2-1-3-9(10)17/h5,8-10,14H,1-4,6-7H2. The van der Waals surface area contributed by atoms with Gasteiger partial charge in [-0.1, -0.05) is 12.8 Å². The highest BCUT2D eigenvalue weighted by atomic mass is 32.1. The molecule has 7 heteroatoms. The summed E-state index contributed by atoms with van der Waals surface area (Å²) >= 11 is 1.14. The zero-order valence-electron chi connectivity index (χ0n) is 11.5. The lowest BCUT2D eigenvalue weighted by atomic mass is 9.90. The number of amides is 1. The van der Waals surface area contributed by atoms with Crippen molar-refractivity contribution in [3.63, 3.8) is 0 Å². The van der Waals surface area contributed by atoms with E-state index in [0.29, 0.717) is 13.2 Å². The highest BCUT2D eigenvalue weighted by Gasteiger charge is 2.38. The van der Waals surface area contributed by atoms with Crippen molar-refractivity contribution >= 4 is 17.2 Å². The van der Waals surface area contributed by atoms with Crippen LogP contribution in [0.2, 0.25) is 0 Å². The van der Waals surface area contributed by atoms with Crippen LogP contribution in [0.4, 0.5) is 8.78 Å². The van der Waals surface area contributed by atoms with Crippen molar-refractivity contribution in [1.29, 1.82) is 0 Å². The number of rotatable bonds is 3. The van der Waals surface area contributed by atoms with Gasteiger partial charge in [0, 0.05) is 6.54 Å². The number of nitrogens with zero attached hydrogens (tertiary/aromatic N) is 1. The van der Waals surface area contributed by atoms with Crippen molar-refractivity contribution in [2.24, 2.45) is 0 Å². The minimum atomic E-state index is -2.92. The van der Waals surface area contributed by atoms with Crippen LogP contribution in [0.1, 0.15) is 35.4 Å². The van der Waals surface area contributed by atoms with Crippen LogP contribution in [0.15, 0.2) is 11.4 Å². The van der Waals surface area contributed by atoms with Crippen molar-refractivity contribution in [3.8, 4) is 5.75 Å². The predicted octanol–water partition coefficient (Wildman–Crippen LogP) is 3.13. The minimum Gasteiger partial charge on any atom is -0.433 e. The second-order valence-electron chi connectivity index (χ2n) is 5.25. The first-order valence-electron chi connectivity index (χ1n) is 7.11. The maximum absolute atomic E-state index is 12.7. The van der Waals surface area contributed by atoms with E-state index in [-0.39, 0.29) is 28.7 Å². The molecule has 0 bridgehead atoms. The van der Waals surface area contributed by atoms with Crippen molar-refractivity contribution in [2.75, 3.05) is 13.2 Å². The van der Waals surface area contributed by atoms with Crippen LogP contribution in [-0.4, -0.2) is 42.7 Å². The zero-order chi connectivity index (χ0) is 14.8. The molecule has 1 aromatic rings. The van der Waals surface area contributed by atoms with Gasteiger partial charge in [-0.05, 0) is 24.3 Å². The number of ether oxygens (including phenoxy) is 2. The molecule has 4 nitrogen and oxygen atoms in total. The van der Waals surface area contributed by atoms with Crippen LogP contribution < -0.4 is 4.74 Å². The monoisotopic (exact) mass is 317 g/mol. The highest BCUT2D eigenvalue weighted by molar-refractivity contribution is 7.12. The summed E-state index contributed by atoms with van der Waals surface area (Å²) in [6.07, 6.45) is 4.13. The number of thiophene rings is 1. The Hall–Kier alpha value is -1.21. The van der Waals surface area contributed by atoms with Crippen LogP contribution in [0, 0.1) is 0 Å². The van der Waals surface area contributed by atoms with Gasteiger partial charge in [-0.3, -0.25) is 4.79 Å². The van der Waals surface area contributed by atoms with E-state index in [1.165, 1.54) is 6.07 Å². The van der Waals surface area contributed by atoms with Crippen LogP contribution in [0.5, 0.6) is 5.75 Å². The molecule has 1 aliphatic carbocycles. The summed E-state index contributed by atoms with van der Waals surface area (Å²) in [7, 11) is 0. The smallest absolute Gasteiger partial charge is 0.387 e. The number of morpholine rings is 1. The summed E-state index contributed by atoms with van der Waals surface area (Å²) in [5.74, 6) is -0.250. The van der Waals surface area contributed by atoms with E-state index in [1.807, 2.05) is 0 Å². The SMILES string of the molecule is O=C(c1sccc1OC(F)F)N1CCOC2CCCCC21. The van der Waals surface area contributed by atoms with Gasteiger partial charge in [0.05, 0.1) is 18.8 Å². The molecule has 21 heavy (non-hydrogen) atoms. The average molecular weight is 317 g/mol. The van der Waals surface area contributed by atoms with E-state index in [0.717, 1.165) is 37.0 Å². The predicted molar refractivity (Wildman–Crippen MR) is 74.0 cm³/mol. The van der Waals surface area contributed by atoms with Gasteiger partial charge in [-0.25, -0.2) is 0 Å². The Balaban J connectivity index is 1.79. The molecule has 1 amide bonds. The summed E-state index contributed by atoms with van der Waals surface area (Å²) in [4.78, 5) is 14.7. The van der Waals surface area contributed by atoms with E-state index in [9.17, 15) is 13.6 Å². The molecule has 2 atom stereocenters. The molecule has 1 saturated heterocycles. The van der Waals surface area contributed by atoms with E-state index >= 15 is 0 Å². The third-order valence-electron chi connectivity index (χ3n) is 4.03. The van der Waals surface area contributed by atoms with Crippen molar-refractivity contribution in [1.82, 2.24) is 4.90 Å². The fourth-order valence-corrected chi connectivity index (χ4v) is 3.90. The Labute approximate surface area is 125 Å². The first-order valence-corrected chi connectivity index (χ1v) is 7.99. The van der Waals surface area contributed by atoms with Crippen LogP contribution >= 0.6 is 11.3 Å². The molecule has 0 spiro atoms. The molecule has 0 aromatic carbocycles. The number of halogens is 2. The average Bonchev–Trinajstić information content (AvgIpc) is 2.93. The van der Waals surface area contributed by atoms with Crippen molar-refractivity contribution in [3.05, 3.63) is 16.3 Å². The summed E-state index contributed by atoms with van der Waals surface area (Å²) in [5.41, 5.74) is 0. The van der Waals surface area contributed by atoms with Gasteiger partial charge >= 0.3 is 6.61 Å². The lowest BCUT2D eigenvalue weighted by Gasteiger charge is -2.43. The third kappa shape index (κ3) is 3.03. The number of alkyl halides is 2. The Bertz CT molecular complexity index is 506. The Morgan fingerprint density at radius 2 is 2.24 bits per heavy atom. The van der Waals surface area contributed by atoms with Gasteiger partial charge in [0.25, 0.3) is 5.91 Å². The molecule has 0 N–H and O–H groups in total. The Morgan fingerprint density at radius 1 is 1.43 bits per heavy atom. The fraction of sp³-hybridized carbons (Fsp3) is 0.643. The summed E-state index contributed by atoms with van der Waals surface area (Å²) in [5, 5.41) is 1.60. The van der Waals surface area contributed by atoms with E-state index in [1.54, 1.807) is 10.3 Å². The Morgan fingerprint density at radius 3 is 3.05 bits per heavy atom. The van der Waals surface area contributed by atoms with Gasteiger partial charge in [0.15, 0.2) is 0 Å². The molecular weight excluding hydrogens is 300 g/mol. The second kappa shape index (κ2) is 6.27. The third-order valence-corrected chi connectivity index (χ3v) is 4.92. The molecule has 3 rings (SSSR count). The van der Waals surface area contributed by atoms with Crippen LogP contribution in [0.3, 0.4) is 0 Å². The largest absolute Gasteiger partial charge is 0.433 e. The molecule has 2 unspecified atom stereocenters. The molecule has 1 saturated carbocycles. The molecule has 1 aromatic heterocycles. The maximum atomic E-state index is 12.7. The van der Waals surface area contributed by atoms with Crippen LogP contribution in [-0.2, 0) is 4.74 Å². The first kappa shape index (κ1) is 14.7. The number of hydrogen-bond donors (Lipinski definition) is 0. The van der Waals surface area contributed by atoms with Gasteiger partial charge in [-0.15, -0.1) is 11.3 Å². The number of hydrogen-bond acceptors (Lipinski definition) is 4. The number of carbonyl (C=O) groups is 1. The molecule has 2 fully saturated rings. The van der Waals surface area contributed by atoms with Gasteiger partial charge < -0.3 is 14.4 Å². The normalized spacial score (nSPS) is 25.8. The summed E-state index contributed by atoms with van der Waals surface area (Å²) < 4.78 is 34.9. The highest BCUT2D eigenvalue weighted by Crippen LogP contribution is 2.33. The van der Waals surface area contributed by atoms with Gasteiger partial charge in [0.1, 0.15) is 10.6 Å². The van der Waals surface area contributed by atoms with Gasteiger partial charge in [-0.2, -0.15) is 8.78 Å². The van der Waals surface area contributed by atoms with E-state index in [2.05, 4.69) is 4.74 Å². The first-order chi connectivity index (χ1) is 10.2. The van der Waals surface area contributed by atoms with Crippen molar-refractivity contribution < 1.29 is 23.0 Å². The second-order valence-corrected chi connectivity index (χ2v) is 6.17. The summed E-state index contributed by atoms with van der Waals surface area (Å²) in [6, 6.07) is 1.48. The molecule has 0 radical (unpaired) electrons. The summed E-state index contributed by atoms with van der Waals surface area (Å²) in [6.45, 7) is -1.91. The topological polar surface area (TPSA) is 38.8 Å². The Kier molecular flexibility index (Phi) is 4.40. The van der Waals surface area contributed by atoms with E-state index < -0.39 is 6.61 Å². The number of fused-ring (bicyclic) bond motifs is 1. The molecule has 2 heterocycles. The number of carbonyl (C=O) groups excluding carboxylic acids is 1. The molecule has 2 aliphatic rings. The van der Waals surface area contributed by atoms with Gasteiger partial charge in [0.2, 0.25) is 0 Å². The molecule has 116 valence electrons.